The van der Waals surface area contributed by atoms with E-state index in [1.54, 1.807) is 0 Å². The van der Waals surface area contributed by atoms with E-state index in [0.717, 1.165) is 6.54 Å². The summed E-state index contributed by atoms with van der Waals surface area (Å²) in [6.45, 7) is 14.5. The quantitative estimate of drug-likeness (QED) is 0.807. The van der Waals surface area contributed by atoms with Crippen LogP contribution in [0.2, 0.25) is 0 Å². The van der Waals surface area contributed by atoms with E-state index in [2.05, 4.69) is 71.1 Å². The fraction of sp³-hybridized carbons (Fsp3) is 0.625. The second kappa shape index (κ2) is 5.68. The van der Waals surface area contributed by atoms with Gasteiger partial charge >= 0.3 is 0 Å². The summed E-state index contributed by atoms with van der Waals surface area (Å²) in [7, 11) is 0. The van der Waals surface area contributed by atoms with Crippen molar-refractivity contribution in [2.45, 2.75) is 53.5 Å². The van der Waals surface area contributed by atoms with Gasteiger partial charge in [0, 0.05) is 12.6 Å². The zero-order chi connectivity index (χ0) is 13.1. The van der Waals surface area contributed by atoms with Crippen LogP contribution in [0.1, 0.15) is 64.6 Å². The van der Waals surface area contributed by atoms with Crippen LogP contribution in [0.15, 0.2) is 24.3 Å². The highest BCUT2D eigenvalue weighted by molar-refractivity contribution is 5.26. The van der Waals surface area contributed by atoms with Gasteiger partial charge in [-0.05, 0) is 29.4 Å². The van der Waals surface area contributed by atoms with Crippen molar-refractivity contribution in [1.29, 1.82) is 0 Å². The van der Waals surface area contributed by atoms with Gasteiger partial charge < -0.3 is 5.32 Å². The molecule has 0 aliphatic heterocycles. The standard InChI is InChI=1S/C16H27N/c1-12(2)14-7-9-15(10-8-14)13(3)17-11-16(4,5)6/h7-10,12-13,17H,11H2,1-6H3. The van der Waals surface area contributed by atoms with E-state index in [1.165, 1.54) is 11.1 Å². The lowest BCUT2D eigenvalue weighted by molar-refractivity contribution is 0.359. The number of hydrogen-bond acceptors (Lipinski definition) is 1. The first-order chi connectivity index (χ1) is 7.79. The van der Waals surface area contributed by atoms with Crippen molar-refractivity contribution in [3.05, 3.63) is 35.4 Å². The molecule has 1 aromatic rings. The molecule has 0 aliphatic rings. The lowest BCUT2D eigenvalue weighted by Crippen LogP contribution is -2.29. The van der Waals surface area contributed by atoms with Gasteiger partial charge in [-0.3, -0.25) is 0 Å². The largest absolute Gasteiger partial charge is 0.310 e. The molecule has 0 heterocycles. The third-order valence-electron chi connectivity index (χ3n) is 3.04. The molecule has 1 rings (SSSR count). The first kappa shape index (κ1) is 14.2. The summed E-state index contributed by atoms with van der Waals surface area (Å²) >= 11 is 0. The van der Waals surface area contributed by atoms with Crippen molar-refractivity contribution in [3.63, 3.8) is 0 Å². The Morgan fingerprint density at radius 2 is 1.41 bits per heavy atom. The van der Waals surface area contributed by atoms with E-state index >= 15 is 0 Å². The molecule has 0 radical (unpaired) electrons. The topological polar surface area (TPSA) is 12.0 Å². The maximum atomic E-state index is 3.59. The maximum absolute atomic E-state index is 3.59. The fourth-order valence-corrected chi connectivity index (χ4v) is 1.75. The van der Waals surface area contributed by atoms with E-state index in [1.807, 2.05) is 0 Å². The van der Waals surface area contributed by atoms with Gasteiger partial charge in [0.05, 0.1) is 0 Å². The molecule has 17 heavy (non-hydrogen) atoms. The molecule has 0 saturated heterocycles. The van der Waals surface area contributed by atoms with Crippen LogP contribution in [0.25, 0.3) is 0 Å². The second-order valence-electron chi connectivity index (χ2n) is 6.48. The highest BCUT2D eigenvalue weighted by Gasteiger charge is 2.12. The molecule has 0 saturated carbocycles. The first-order valence-electron chi connectivity index (χ1n) is 6.63. The van der Waals surface area contributed by atoms with Crippen molar-refractivity contribution in [1.82, 2.24) is 5.32 Å². The molecular formula is C16H27N. The predicted molar refractivity (Wildman–Crippen MR) is 76.4 cm³/mol. The molecule has 0 amide bonds. The van der Waals surface area contributed by atoms with E-state index < -0.39 is 0 Å². The van der Waals surface area contributed by atoms with Gasteiger partial charge in [-0.1, -0.05) is 58.9 Å². The predicted octanol–water partition coefficient (Wildman–Crippen LogP) is 4.51. The SMILES string of the molecule is CC(C)c1ccc(C(C)NCC(C)(C)C)cc1. The molecular weight excluding hydrogens is 206 g/mol. The third kappa shape index (κ3) is 4.91. The molecule has 0 aromatic heterocycles. The Hall–Kier alpha value is -0.820. The summed E-state index contributed by atoms with van der Waals surface area (Å²) in [4.78, 5) is 0. The average Bonchev–Trinajstić information content (AvgIpc) is 2.25. The zero-order valence-corrected chi connectivity index (χ0v) is 12.2. The van der Waals surface area contributed by atoms with Gasteiger partial charge in [0.25, 0.3) is 0 Å². The minimum absolute atomic E-state index is 0.339. The molecule has 0 aliphatic carbocycles. The van der Waals surface area contributed by atoms with E-state index in [0.29, 0.717) is 17.4 Å². The van der Waals surface area contributed by atoms with Crippen molar-refractivity contribution in [2.75, 3.05) is 6.54 Å². The summed E-state index contributed by atoms with van der Waals surface area (Å²) in [6.07, 6.45) is 0. The molecule has 1 atom stereocenters. The molecule has 1 unspecified atom stereocenters. The minimum Gasteiger partial charge on any atom is -0.310 e. The molecule has 1 nitrogen and oxygen atoms in total. The Morgan fingerprint density at radius 1 is 0.941 bits per heavy atom. The number of benzene rings is 1. The monoisotopic (exact) mass is 233 g/mol. The van der Waals surface area contributed by atoms with Crippen LogP contribution < -0.4 is 5.32 Å². The van der Waals surface area contributed by atoms with E-state index in [-0.39, 0.29) is 0 Å². The van der Waals surface area contributed by atoms with Gasteiger partial charge in [0.2, 0.25) is 0 Å². The Bertz CT molecular complexity index is 330. The van der Waals surface area contributed by atoms with Crippen LogP contribution in [0.4, 0.5) is 0 Å². The highest BCUT2D eigenvalue weighted by atomic mass is 14.9. The van der Waals surface area contributed by atoms with Crippen LogP contribution in [0.3, 0.4) is 0 Å². The van der Waals surface area contributed by atoms with Crippen LogP contribution in [0.5, 0.6) is 0 Å². The van der Waals surface area contributed by atoms with E-state index in [9.17, 15) is 0 Å². The maximum Gasteiger partial charge on any atom is 0.0292 e. The minimum atomic E-state index is 0.339. The molecule has 0 fully saturated rings. The number of nitrogens with one attached hydrogen (secondary N) is 1. The Morgan fingerprint density at radius 3 is 1.82 bits per heavy atom. The Kier molecular flexibility index (Phi) is 4.76. The summed E-state index contributed by atoms with van der Waals surface area (Å²) in [5.74, 6) is 0.613. The summed E-state index contributed by atoms with van der Waals surface area (Å²) < 4.78 is 0. The molecule has 1 N–H and O–H groups in total. The Labute approximate surface area is 107 Å². The summed E-state index contributed by atoms with van der Waals surface area (Å²) in [5.41, 5.74) is 3.13. The van der Waals surface area contributed by atoms with Crippen LogP contribution >= 0.6 is 0 Å². The third-order valence-corrected chi connectivity index (χ3v) is 3.04. The highest BCUT2D eigenvalue weighted by Crippen LogP contribution is 2.19. The van der Waals surface area contributed by atoms with Crippen LogP contribution in [-0.4, -0.2) is 6.54 Å². The van der Waals surface area contributed by atoms with Crippen LogP contribution in [-0.2, 0) is 0 Å². The number of hydrogen-bond donors (Lipinski definition) is 1. The Balaban J connectivity index is 2.60. The lowest BCUT2D eigenvalue weighted by Gasteiger charge is -2.23. The summed E-state index contributed by atoms with van der Waals surface area (Å²) in [5, 5.41) is 3.59. The smallest absolute Gasteiger partial charge is 0.0292 e. The van der Waals surface area contributed by atoms with Crippen molar-refractivity contribution < 1.29 is 0 Å². The lowest BCUT2D eigenvalue weighted by atomic mass is 9.95. The van der Waals surface area contributed by atoms with Gasteiger partial charge in [-0.2, -0.15) is 0 Å². The van der Waals surface area contributed by atoms with Gasteiger partial charge in [0.1, 0.15) is 0 Å². The van der Waals surface area contributed by atoms with Crippen molar-refractivity contribution >= 4 is 0 Å². The van der Waals surface area contributed by atoms with Crippen LogP contribution in [0, 0.1) is 5.41 Å². The normalized spacial score (nSPS) is 14.1. The molecule has 0 spiro atoms. The zero-order valence-electron chi connectivity index (χ0n) is 12.2. The van der Waals surface area contributed by atoms with Gasteiger partial charge in [-0.15, -0.1) is 0 Å². The summed E-state index contributed by atoms with van der Waals surface area (Å²) in [6, 6.07) is 9.41. The van der Waals surface area contributed by atoms with Gasteiger partial charge in [0.15, 0.2) is 0 Å². The molecule has 1 aromatic carbocycles. The molecule has 0 bridgehead atoms. The van der Waals surface area contributed by atoms with Crippen molar-refractivity contribution in [2.24, 2.45) is 5.41 Å². The fourth-order valence-electron chi connectivity index (χ4n) is 1.75. The van der Waals surface area contributed by atoms with Crippen molar-refractivity contribution in [3.8, 4) is 0 Å². The van der Waals surface area contributed by atoms with E-state index in [4.69, 9.17) is 0 Å². The molecule has 96 valence electrons. The first-order valence-corrected chi connectivity index (χ1v) is 6.63. The average molecular weight is 233 g/mol. The molecule has 1 heteroatoms. The second-order valence-corrected chi connectivity index (χ2v) is 6.48. The number of rotatable bonds is 4. The van der Waals surface area contributed by atoms with Gasteiger partial charge in [-0.25, -0.2) is 0 Å².